The number of ether oxygens (including phenoxy) is 1. The van der Waals surface area contributed by atoms with Crippen LogP contribution in [-0.2, 0) is 24.3 Å². The maximum absolute atomic E-state index is 13.1. The number of benzene rings is 1. The van der Waals surface area contributed by atoms with Crippen LogP contribution in [0.3, 0.4) is 0 Å². The zero-order valence-corrected chi connectivity index (χ0v) is 19.8. The number of hydrogen-bond acceptors (Lipinski definition) is 6. The first-order valence-electron chi connectivity index (χ1n) is 11.2. The lowest BCUT2D eigenvalue weighted by Crippen LogP contribution is -2.64. The third-order valence-electron chi connectivity index (χ3n) is 6.13. The molecule has 1 aliphatic heterocycles. The SMILES string of the molecule is COC(=O)[C@@H](C)NC(=O)[C@@H]1CN(S(=O)(=O)c2ccccc2)CCN1C(=O)NC1CCCCC1. The van der Waals surface area contributed by atoms with E-state index in [0.29, 0.717) is 0 Å². The van der Waals surface area contributed by atoms with E-state index in [0.717, 1.165) is 32.1 Å². The summed E-state index contributed by atoms with van der Waals surface area (Å²) in [6, 6.07) is 5.57. The van der Waals surface area contributed by atoms with Gasteiger partial charge >= 0.3 is 12.0 Å². The molecular weight excluding hydrogens is 448 g/mol. The molecule has 11 heteroatoms. The highest BCUT2D eigenvalue weighted by atomic mass is 32.2. The second-order valence-corrected chi connectivity index (χ2v) is 10.4. The number of carbonyl (C=O) groups excluding carboxylic acids is 3. The fraction of sp³-hybridized carbons (Fsp3) is 0.591. The smallest absolute Gasteiger partial charge is 0.328 e. The standard InChI is InChI=1S/C22H32N4O6S/c1-16(21(28)32-2)23-20(27)19-15-25(33(30,31)18-11-7-4-8-12-18)13-14-26(19)22(29)24-17-9-5-3-6-10-17/h4,7-8,11-12,16-17,19H,3,5-6,9-10,13-15H2,1-2H3,(H,23,27)(H,24,29)/t16-,19+/m1/s1. The molecule has 0 aromatic heterocycles. The number of nitrogens with one attached hydrogen (secondary N) is 2. The zero-order valence-electron chi connectivity index (χ0n) is 19.0. The van der Waals surface area contributed by atoms with E-state index in [9.17, 15) is 22.8 Å². The van der Waals surface area contributed by atoms with E-state index in [4.69, 9.17) is 0 Å². The molecule has 33 heavy (non-hydrogen) atoms. The van der Waals surface area contributed by atoms with Gasteiger partial charge < -0.3 is 20.3 Å². The van der Waals surface area contributed by atoms with Crippen molar-refractivity contribution < 1.29 is 27.5 Å². The van der Waals surface area contributed by atoms with Crippen molar-refractivity contribution >= 4 is 27.9 Å². The van der Waals surface area contributed by atoms with Crippen molar-refractivity contribution in [1.29, 1.82) is 0 Å². The van der Waals surface area contributed by atoms with E-state index in [1.54, 1.807) is 18.2 Å². The van der Waals surface area contributed by atoms with Gasteiger partial charge in [0.15, 0.2) is 0 Å². The molecule has 1 heterocycles. The molecule has 0 bridgehead atoms. The van der Waals surface area contributed by atoms with Gasteiger partial charge in [-0.2, -0.15) is 4.31 Å². The van der Waals surface area contributed by atoms with Crippen molar-refractivity contribution in [2.75, 3.05) is 26.7 Å². The van der Waals surface area contributed by atoms with Gasteiger partial charge in [-0.05, 0) is 31.9 Å². The lowest BCUT2D eigenvalue weighted by atomic mass is 9.96. The van der Waals surface area contributed by atoms with E-state index < -0.39 is 40.0 Å². The van der Waals surface area contributed by atoms with Crippen LogP contribution in [0, 0.1) is 0 Å². The average molecular weight is 481 g/mol. The molecule has 0 unspecified atom stereocenters. The lowest BCUT2D eigenvalue weighted by Gasteiger charge is -2.40. The molecule has 2 fully saturated rings. The predicted octanol–water partition coefficient (Wildman–Crippen LogP) is 1.08. The van der Waals surface area contributed by atoms with E-state index in [2.05, 4.69) is 15.4 Å². The van der Waals surface area contributed by atoms with Gasteiger partial charge in [-0.25, -0.2) is 18.0 Å². The lowest BCUT2D eigenvalue weighted by molar-refractivity contribution is -0.145. The highest BCUT2D eigenvalue weighted by Gasteiger charge is 2.41. The summed E-state index contributed by atoms with van der Waals surface area (Å²) in [5.41, 5.74) is 0. The van der Waals surface area contributed by atoms with Crippen LogP contribution in [0.25, 0.3) is 0 Å². The van der Waals surface area contributed by atoms with Crippen LogP contribution < -0.4 is 10.6 Å². The Bertz CT molecular complexity index is 949. The molecule has 2 atom stereocenters. The molecule has 0 radical (unpaired) electrons. The van der Waals surface area contributed by atoms with Crippen LogP contribution in [0.4, 0.5) is 4.79 Å². The number of hydrogen-bond donors (Lipinski definition) is 2. The van der Waals surface area contributed by atoms with Gasteiger partial charge in [-0.1, -0.05) is 37.5 Å². The molecule has 1 aliphatic carbocycles. The number of esters is 1. The molecule has 2 N–H and O–H groups in total. The first-order chi connectivity index (χ1) is 15.7. The van der Waals surface area contributed by atoms with Gasteiger partial charge in [0.1, 0.15) is 12.1 Å². The van der Waals surface area contributed by atoms with Gasteiger partial charge in [0.05, 0.1) is 12.0 Å². The summed E-state index contributed by atoms with van der Waals surface area (Å²) in [5.74, 6) is -1.24. The number of rotatable bonds is 6. The van der Waals surface area contributed by atoms with Crippen molar-refractivity contribution in [3.8, 4) is 0 Å². The fourth-order valence-corrected chi connectivity index (χ4v) is 5.69. The maximum atomic E-state index is 13.1. The largest absolute Gasteiger partial charge is 0.467 e. The second kappa shape index (κ2) is 11.0. The summed E-state index contributed by atoms with van der Waals surface area (Å²) in [6.45, 7) is 1.37. The molecule has 1 saturated heterocycles. The van der Waals surface area contributed by atoms with Gasteiger partial charge in [-0.3, -0.25) is 4.79 Å². The number of carbonyl (C=O) groups is 3. The van der Waals surface area contributed by atoms with Crippen molar-refractivity contribution in [2.45, 2.75) is 62.0 Å². The average Bonchev–Trinajstić information content (AvgIpc) is 2.84. The summed E-state index contributed by atoms with van der Waals surface area (Å²) in [6.07, 6.45) is 4.97. The van der Waals surface area contributed by atoms with Gasteiger partial charge in [0.25, 0.3) is 0 Å². The quantitative estimate of drug-likeness (QED) is 0.587. The summed E-state index contributed by atoms with van der Waals surface area (Å²) in [4.78, 5) is 39.4. The van der Waals surface area contributed by atoms with E-state index in [-0.39, 0.29) is 30.6 Å². The van der Waals surface area contributed by atoms with Crippen LogP contribution in [0.2, 0.25) is 0 Å². The number of nitrogens with zero attached hydrogens (tertiary/aromatic N) is 2. The Labute approximate surface area is 194 Å². The van der Waals surface area contributed by atoms with Gasteiger partial charge in [0, 0.05) is 25.7 Å². The maximum Gasteiger partial charge on any atom is 0.328 e. The molecule has 0 spiro atoms. The Kier molecular flexibility index (Phi) is 8.30. The zero-order chi connectivity index (χ0) is 24.0. The molecule has 182 valence electrons. The van der Waals surface area contributed by atoms with Crippen molar-refractivity contribution in [3.63, 3.8) is 0 Å². The number of amides is 3. The Balaban J connectivity index is 1.80. The Morgan fingerprint density at radius 1 is 1.06 bits per heavy atom. The first kappa shape index (κ1) is 25.0. The molecule has 1 aromatic rings. The number of piperazine rings is 1. The summed E-state index contributed by atoms with van der Waals surface area (Å²) < 4.78 is 32.1. The normalized spacial score (nSPS) is 21.2. The molecule has 3 rings (SSSR count). The topological polar surface area (TPSA) is 125 Å². The minimum absolute atomic E-state index is 0.0371. The Hall–Kier alpha value is -2.66. The Morgan fingerprint density at radius 2 is 1.73 bits per heavy atom. The van der Waals surface area contributed by atoms with Crippen LogP contribution in [0.15, 0.2) is 35.2 Å². The first-order valence-corrected chi connectivity index (χ1v) is 12.7. The second-order valence-electron chi connectivity index (χ2n) is 8.42. The predicted molar refractivity (Wildman–Crippen MR) is 121 cm³/mol. The van der Waals surface area contributed by atoms with Crippen LogP contribution in [0.5, 0.6) is 0 Å². The van der Waals surface area contributed by atoms with E-state index in [1.807, 2.05) is 0 Å². The minimum Gasteiger partial charge on any atom is -0.467 e. The minimum atomic E-state index is -3.85. The van der Waals surface area contributed by atoms with Crippen LogP contribution >= 0.6 is 0 Å². The molecule has 10 nitrogen and oxygen atoms in total. The molecule has 1 aromatic carbocycles. The molecule has 2 aliphatic rings. The van der Waals surface area contributed by atoms with Crippen molar-refractivity contribution in [3.05, 3.63) is 30.3 Å². The highest BCUT2D eigenvalue weighted by Crippen LogP contribution is 2.22. The van der Waals surface area contributed by atoms with E-state index in [1.165, 1.54) is 35.4 Å². The molecule has 1 saturated carbocycles. The van der Waals surface area contributed by atoms with E-state index >= 15 is 0 Å². The molecular formula is C22H32N4O6S. The van der Waals surface area contributed by atoms with Crippen LogP contribution in [-0.4, -0.2) is 80.4 Å². The van der Waals surface area contributed by atoms with Gasteiger partial charge in [-0.15, -0.1) is 0 Å². The van der Waals surface area contributed by atoms with Crippen LogP contribution in [0.1, 0.15) is 39.0 Å². The third-order valence-corrected chi connectivity index (χ3v) is 8.01. The van der Waals surface area contributed by atoms with Crippen molar-refractivity contribution in [2.24, 2.45) is 0 Å². The van der Waals surface area contributed by atoms with Gasteiger partial charge in [0.2, 0.25) is 15.9 Å². The summed E-state index contributed by atoms with van der Waals surface area (Å²) in [5, 5.41) is 5.54. The molecule has 3 amide bonds. The summed E-state index contributed by atoms with van der Waals surface area (Å²) in [7, 11) is -2.64. The third kappa shape index (κ3) is 6.02. The monoisotopic (exact) mass is 480 g/mol. The van der Waals surface area contributed by atoms with Crippen molar-refractivity contribution in [1.82, 2.24) is 19.8 Å². The number of methoxy groups -OCH3 is 1. The number of urea groups is 1. The summed E-state index contributed by atoms with van der Waals surface area (Å²) >= 11 is 0. The number of sulfonamides is 1. The fourth-order valence-electron chi connectivity index (χ4n) is 4.23. The highest BCUT2D eigenvalue weighted by molar-refractivity contribution is 7.89. The Morgan fingerprint density at radius 3 is 2.36 bits per heavy atom.